The van der Waals surface area contributed by atoms with Crippen LogP contribution in [0, 0.1) is 6.92 Å². The van der Waals surface area contributed by atoms with Crippen molar-refractivity contribution in [2.75, 3.05) is 7.11 Å². The second-order valence-electron chi connectivity index (χ2n) is 4.17. The van der Waals surface area contributed by atoms with E-state index >= 15 is 0 Å². The number of rotatable bonds is 4. The van der Waals surface area contributed by atoms with Gasteiger partial charge in [0.05, 0.1) is 5.41 Å². The van der Waals surface area contributed by atoms with E-state index in [2.05, 4.69) is 15.9 Å². The van der Waals surface area contributed by atoms with Crippen molar-refractivity contribution in [1.82, 2.24) is 0 Å². The van der Waals surface area contributed by atoms with Gasteiger partial charge < -0.3 is 14.3 Å². The third kappa shape index (κ3) is 1.68. The Labute approximate surface area is 102 Å². The molecule has 0 aliphatic heterocycles. The fourth-order valence-corrected chi connectivity index (χ4v) is 2.75. The van der Waals surface area contributed by atoms with E-state index in [9.17, 15) is 4.79 Å². The first kappa shape index (κ1) is 11.7. The second-order valence-corrected chi connectivity index (χ2v) is 4.95. The van der Waals surface area contributed by atoms with Gasteiger partial charge in [0.1, 0.15) is 5.76 Å². The van der Waals surface area contributed by atoms with Gasteiger partial charge in [-0.15, -0.1) is 0 Å². The number of furan rings is 1. The van der Waals surface area contributed by atoms with Gasteiger partial charge in [-0.1, -0.05) is 0 Å². The van der Waals surface area contributed by atoms with Crippen LogP contribution in [-0.4, -0.2) is 24.3 Å². The minimum atomic E-state index is -0.938. The van der Waals surface area contributed by atoms with Crippen LogP contribution >= 0.6 is 15.9 Å². The van der Waals surface area contributed by atoms with E-state index in [0.717, 1.165) is 24.2 Å². The molecule has 0 aromatic carbocycles. The van der Waals surface area contributed by atoms with Gasteiger partial charge in [-0.2, -0.15) is 0 Å². The van der Waals surface area contributed by atoms with Crippen molar-refractivity contribution in [3.05, 3.63) is 22.1 Å². The molecular formula is C11H13BrO4. The van der Waals surface area contributed by atoms with Crippen LogP contribution in [0.3, 0.4) is 0 Å². The van der Waals surface area contributed by atoms with E-state index in [4.69, 9.17) is 14.3 Å². The molecule has 1 aliphatic rings. The molecular weight excluding hydrogens is 276 g/mol. The molecule has 1 heterocycles. The van der Waals surface area contributed by atoms with Crippen LogP contribution in [-0.2, 0) is 14.9 Å². The van der Waals surface area contributed by atoms with Crippen molar-refractivity contribution in [2.45, 2.75) is 31.3 Å². The average Bonchev–Trinajstić information content (AvgIpc) is 2.89. The number of aryl methyl sites for hydroxylation is 1. The Hall–Kier alpha value is -0.810. The number of aliphatic carboxylic acids is 1. The second kappa shape index (κ2) is 3.89. The van der Waals surface area contributed by atoms with Gasteiger partial charge in [0.15, 0.2) is 10.8 Å². The zero-order valence-electron chi connectivity index (χ0n) is 9.12. The van der Waals surface area contributed by atoms with Crippen LogP contribution < -0.4 is 0 Å². The lowest BCUT2D eigenvalue weighted by Crippen LogP contribution is -2.36. The summed E-state index contributed by atoms with van der Waals surface area (Å²) in [7, 11) is 1.42. The maximum absolute atomic E-state index is 11.1. The summed E-state index contributed by atoms with van der Waals surface area (Å²) in [6.45, 7) is 1.91. The number of carboxylic acids is 1. The third-order valence-corrected chi connectivity index (χ3v) is 3.48. The zero-order chi connectivity index (χ0) is 11.9. The summed E-state index contributed by atoms with van der Waals surface area (Å²) in [5.41, 5.74) is 0.490. The SMILES string of the molecule is COC(C(=O)O)C1(c2oc(Br)cc2C)CC1. The molecule has 1 aromatic rings. The highest BCUT2D eigenvalue weighted by atomic mass is 79.9. The lowest BCUT2D eigenvalue weighted by molar-refractivity contribution is -0.151. The van der Waals surface area contributed by atoms with E-state index in [-0.39, 0.29) is 0 Å². The zero-order valence-corrected chi connectivity index (χ0v) is 10.7. The number of carboxylic acid groups (broad SMARTS) is 1. The molecule has 1 N–H and O–H groups in total. The van der Waals surface area contributed by atoms with Crippen molar-refractivity contribution >= 4 is 21.9 Å². The van der Waals surface area contributed by atoms with E-state index < -0.39 is 17.5 Å². The lowest BCUT2D eigenvalue weighted by atomic mass is 9.93. The van der Waals surface area contributed by atoms with Gasteiger partial charge in [0, 0.05) is 7.11 Å². The van der Waals surface area contributed by atoms with Gasteiger partial charge in [-0.25, -0.2) is 4.79 Å². The topological polar surface area (TPSA) is 59.7 Å². The molecule has 1 saturated carbocycles. The minimum absolute atomic E-state index is 0.476. The molecule has 0 saturated heterocycles. The molecule has 0 amide bonds. The predicted molar refractivity (Wildman–Crippen MR) is 60.5 cm³/mol. The predicted octanol–water partition coefficient (Wildman–Crippen LogP) is 2.48. The number of ether oxygens (including phenoxy) is 1. The molecule has 0 radical (unpaired) electrons. The molecule has 1 atom stereocenters. The molecule has 1 fully saturated rings. The summed E-state index contributed by atoms with van der Waals surface area (Å²) in [4.78, 5) is 11.1. The molecule has 2 rings (SSSR count). The Morgan fingerprint density at radius 3 is 2.62 bits per heavy atom. The van der Waals surface area contributed by atoms with E-state index in [0.29, 0.717) is 4.67 Å². The van der Waals surface area contributed by atoms with Crippen LogP contribution in [0.1, 0.15) is 24.2 Å². The van der Waals surface area contributed by atoms with Crippen LogP contribution in [0.5, 0.6) is 0 Å². The van der Waals surface area contributed by atoms with E-state index in [1.807, 2.05) is 13.0 Å². The normalized spacial score (nSPS) is 19.4. The molecule has 0 spiro atoms. The number of carbonyl (C=O) groups is 1. The first-order valence-corrected chi connectivity index (χ1v) is 5.82. The summed E-state index contributed by atoms with van der Waals surface area (Å²) in [6.07, 6.45) is 0.751. The Kier molecular flexibility index (Phi) is 2.84. The highest BCUT2D eigenvalue weighted by Gasteiger charge is 2.57. The smallest absolute Gasteiger partial charge is 0.333 e. The highest BCUT2D eigenvalue weighted by Crippen LogP contribution is 2.54. The van der Waals surface area contributed by atoms with E-state index in [1.165, 1.54) is 7.11 Å². The van der Waals surface area contributed by atoms with Crippen molar-refractivity contribution in [2.24, 2.45) is 0 Å². The number of hydrogen-bond acceptors (Lipinski definition) is 3. The molecule has 5 heteroatoms. The number of hydrogen-bond donors (Lipinski definition) is 1. The molecule has 16 heavy (non-hydrogen) atoms. The number of methoxy groups -OCH3 is 1. The van der Waals surface area contributed by atoms with Crippen molar-refractivity contribution in [3.8, 4) is 0 Å². The minimum Gasteiger partial charge on any atom is -0.479 e. The summed E-state index contributed by atoms with van der Waals surface area (Å²) in [6, 6.07) is 1.85. The monoisotopic (exact) mass is 288 g/mol. The lowest BCUT2D eigenvalue weighted by Gasteiger charge is -2.20. The summed E-state index contributed by atoms with van der Waals surface area (Å²) < 4.78 is 11.3. The average molecular weight is 289 g/mol. The fraction of sp³-hybridized carbons (Fsp3) is 0.545. The molecule has 1 aliphatic carbocycles. The molecule has 88 valence electrons. The Morgan fingerprint density at radius 2 is 2.31 bits per heavy atom. The Bertz CT molecular complexity index is 420. The molecule has 1 unspecified atom stereocenters. The quantitative estimate of drug-likeness (QED) is 0.925. The molecule has 1 aromatic heterocycles. The van der Waals surface area contributed by atoms with Gasteiger partial charge in [0.2, 0.25) is 0 Å². The summed E-state index contributed by atoms with van der Waals surface area (Å²) >= 11 is 3.26. The van der Waals surface area contributed by atoms with Crippen LogP contribution in [0.2, 0.25) is 0 Å². The third-order valence-electron chi connectivity index (χ3n) is 3.09. The van der Waals surface area contributed by atoms with Crippen molar-refractivity contribution in [3.63, 3.8) is 0 Å². The van der Waals surface area contributed by atoms with Crippen LogP contribution in [0.25, 0.3) is 0 Å². The van der Waals surface area contributed by atoms with Crippen LogP contribution in [0.15, 0.2) is 15.2 Å². The molecule has 0 bridgehead atoms. The Morgan fingerprint density at radius 1 is 1.69 bits per heavy atom. The first-order chi connectivity index (χ1) is 7.51. The van der Waals surface area contributed by atoms with Crippen molar-refractivity contribution < 1.29 is 19.1 Å². The van der Waals surface area contributed by atoms with Gasteiger partial charge in [-0.3, -0.25) is 0 Å². The number of halogens is 1. The van der Waals surface area contributed by atoms with Gasteiger partial charge in [-0.05, 0) is 47.3 Å². The maximum Gasteiger partial charge on any atom is 0.333 e. The standard InChI is InChI=1S/C11H13BrO4/c1-6-5-7(12)16-8(6)11(3-4-11)9(15-2)10(13)14/h5,9H,3-4H2,1-2H3,(H,13,14). The van der Waals surface area contributed by atoms with E-state index in [1.54, 1.807) is 0 Å². The Balaban J connectivity index is 2.39. The summed E-state index contributed by atoms with van der Waals surface area (Å²) in [5.74, 6) is -0.208. The van der Waals surface area contributed by atoms with Crippen molar-refractivity contribution in [1.29, 1.82) is 0 Å². The van der Waals surface area contributed by atoms with Gasteiger partial charge >= 0.3 is 5.97 Å². The fourth-order valence-electron chi connectivity index (χ4n) is 2.24. The van der Waals surface area contributed by atoms with Gasteiger partial charge in [0.25, 0.3) is 0 Å². The molecule has 4 nitrogen and oxygen atoms in total. The maximum atomic E-state index is 11.1. The first-order valence-electron chi connectivity index (χ1n) is 5.03. The van der Waals surface area contributed by atoms with Crippen LogP contribution in [0.4, 0.5) is 0 Å². The largest absolute Gasteiger partial charge is 0.479 e. The summed E-state index contributed by atoms with van der Waals surface area (Å²) in [5, 5.41) is 9.13. The highest BCUT2D eigenvalue weighted by molar-refractivity contribution is 9.10.